The molecule has 15 heteroatoms. The van der Waals surface area contributed by atoms with E-state index in [1.807, 2.05) is 0 Å². The first-order chi connectivity index (χ1) is 19.9. The molecule has 226 valence electrons. The van der Waals surface area contributed by atoms with Crippen LogP contribution < -0.4 is 0 Å². The molecule has 4 N–H and O–H groups in total. The summed E-state index contributed by atoms with van der Waals surface area (Å²) in [5, 5.41) is 29.8. The standard InChI is InChI=1S/2C14H10F3N3O.Ni/c2*15-14(16,17)12-3-1-2-10(8-12)9-19-20-13(21)11-4-6-18-7-5-11;/h2*1-9H,(H,20,21);/p+2/b2*19-9+;. The van der Waals surface area contributed by atoms with Crippen molar-refractivity contribution in [3.05, 3.63) is 131 Å². The molecule has 0 aliphatic carbocycles. The number of aromatic nitrogens is 2. The SMILES string of the molecule is [Ni].[OH2+]/C(=N\N=C\c1cccc(C(F)(F)F)c1)c1ccncc1.[OH2+]/C(=N\N=C\c1cccc(C(F)(F)F)c1)c1ccncc1. The van der Waals surface area contributed by atoms with Gasteiger partial charge in [-0.05, 0) is 59.7 Å². The molecule has 43 heavy (non-hydrogen) atoms. The third-order valence-electron chi connectivity index (χ3n) is 5.06. The molecule has 0 bridgehead atoms. The van der Waals surface area contributed by atoms with Crippen LogP contribution in [0.3, 0.4) is 0 Å². The van der Waals surface area contributed by atoms with E-state index in [-0.39, 0.29) is 39.4 Å². The Balaban J connectivity index is 0.000000293. The van der Waals surface area contributed by atoms with Crippen LogP contribution in [-0.2, 0) is 28.8 Å². The van der Waals surface area contributed by atoms with E-state index < -0.39 is 23.5 Å². The first-order valence-electron chi connectivity index (χ1n) is 11.7. The molecule has 0 atom stereocenters. The van der Waals surface area contributed by atoms with Gasteiger partial charge in [0, 0.05) is 41.3 Å². The van der Waals surface area contributed by atoms with Crippen molar-refractivity contribution in [2.45, 2.75) is 12.4 Å². The molecule has 0 aliphatic rings. The van der Waals surface area contributed by atoms with Crippen molar-refractivity contribution in [3.8, 4) is 0 Å². The van der Waals surface area contributed by atoms with E-state index >= 15 is 0 Å². The average molecular weight is 647 g/mol. The minimum Gasteiger partial charge on any atom is -0.577 e. The van der Waals surface area contributed by atoms with Crippen LogP contribution in [0.1, 0.15) is 33.4 Å². The number of rotatable bonds is 6. The molecule has 0 saturated carbocycles. The Bertz CT molecular complexity index is 1460. The average Bonchev–Trinajstić information content (AvgIpc) is 2.98. The van der Waals surface area contributed by atoms with E-state index in [1.165, 1.54) is 61.5 Å². The molecule has 4 aromatic rings. The van der Waals surface area contributed by atoms with E-state index in [2.05, 4.69) is 30.4 Å². The van der Waals surface area contributed by atoms with Crippen molar-refractivity contribution in [2.75, 3.05) is 0 Å². The fourth-order valence-electron chi connectivity index (χ4n) is 3.03. The second-order valence-electron chi connectivity index (χ2n) is 8.10. The maximum atomic E-state index is 12.5. The van der Waals surface area contributed by atoms with Gasteiger partial charge in [-0.3, -0.25) is 9.97 Å². The van der Waals surface area contributed by atoms with Crippen LogP contribution in [-0.4, -0.2) is 44.4 Å². The first-order valence-corrected chi connectivity index (χ1v) is 11.7. The zero-order valence-corrected chi connectivity index (χ0v) is 22.6. The topological polar surface area (TPSA) is 121 Å². The molecule has 2 heterocycles. The van der Waals surface area contributed by atoms with Crippen LogP contribution in [0.25, 0.3) is 0 Å². The molecule has 2 aromatic heterocycles. The van der Waals surface area contributed by atoms with E-state index in [1.54, 1.807) is 24.3 Å². The molecule has 0 aliphatic heterocycles. The van der Waals surface area contributed by atoms with Crippen molar-refractivity contribution in [2.24, 2.45) is 20.4 Å². The van der Waals surface area contributed by atoms with Crippen molar-refractivity contribution in [1.29, 1.82) is 0 Å². The van der Waals surface area contributed by atoms with Gasteiger partial charge in [-0.25, -0.2) is 0 Å². The monoisotopic (exact) mass is 646 g/mol. The minimum absolute atomic E-state index is 0. The predicted octanol–water partition coefficient (Wildman–Crippen LogP) is 5.21. The van der Waals surface area contributed by atoms with Gasteiger partial charge in [0.1, 0.15) is 0 Å². The molecule has 0 amide bonds. The summed E-state index contributed by atoms with van der Waals surface area (Å²) in [6.07, 6.45) is -0.414. The minimum atomic E-state index is -4.40. The third kappa shape index (κ3) is 11.5. The fourth-order valence-corrected chi connectivity index (χ4v) is 3.03. The molecule has 0 radical (unpaired) electrons. The summed E-state index contributed by atoms with van der Waals surface area (Å²) in [7, 11) is 0. The number of nitrogens with zero attached hydrogens (tertiary/aromatic N) is 6. The Kier molecular flexibility index (Phi) is 12.7. The first kappa shape index (κ1) is 34.3. The van der Waals surface area contributed by atoms with Gasteiger partial charge in [0.25, 0.3) is 0 Å². The summed E-state index contributed by atoms with van der Waals surface area (Å²) in [5.74, 6) is -0.193. The maximum absolute atomic E-state index is 12.5. The summed E-state index contributed by atoms with van der Waals surface area (Å²) in [6, 6.07) is 15.8. The van der Waals surface area contributed by atoms with Crippen molar-refractivity contribution >= 4 is 24.2 Å². The number of hydrogen-bond acceptors (Lipinski definition) is 6. The number of halogens is 6. The molecule has 0 fully saturated rings. The van der Waals surface area contributed by atoms with Crippen molar-refractivity contribution in [3.63, 3.8) is 0 Å². The van der Waals surface area contributed by atoms with E-state index in [4.69, 9.17) is 10.2 Å². The second kappa shape index (κ2) is 15.9. The summed E-state index contributed by atoms with van der Waals surface area (Å²) in [6.45, 7) is 0. The molecule has 2 aromatic carbocycles. The van der Waals surface area contributed by atoms with Crippen LogP contribution in [0.2, 0.25) is 0 Å². The van der Waals surface area contributed by atoms with Gasteiger partial charge in [-0.15, -0.1) is 0 Å². The van der Waals surface area contributed by atoms with Crippen LogP contribution >= 0.6 is 0 Å². The van der Waals surface area contributed by atoms with Gasteiger partial charge < -0.3 is 10.2 Å². The summed E-state index contributed by atoms with van der Waals surface area (Å²) >= 11 is 0. The van der Waals surface area contributed by atoms with Crippen molar-refractivity contribution in [1.82, 2.24) is 9.97 Å². The number of pyridine rings is 2. The normalized spacial score (nSPS) is 12.5. The van der Waals surface area contributed by atoms with Gasteiger partial charge in [-0.2, -0.15) is 36.5 Å². The van der Waals surface area contributed by atoms with Gasteiger partial charge in [0.05, 0.1) is 34.7 Å². The summed E-state index contributed by atoms with van der Waals surface area (Å²) in [5.41, 5.74) is 0.0518. The van der Waals surface area contributed by atoms with Crippen LogP contribution in [0.4, 0.5) is 26.3 Å². The second-order valence-corrected chi connectivity index (χ2v) is 8.10. The molecule has 0 spiro atoms. The van der Waals surface area contributed by atoms with Crippen LogP contribution in [0.15, 0.2) is 118 Å². The molecular weight excluding hydrogens is 625 g/mol. The number of benzene rings is 2. The molecule has 0 saturated heterocycles. The Labute approximate surface area is 250 Å². The number of alkyl halides is 6. The van der Waals surface area contributed by atoms with Gasteiger partial charge in [0.15, 0.2) is 0 Å². The Hall–Kier alpha value is -4.91. The van der Waals surface area contributed by atoms with Gasteiger partial charge >= 0.3 is 24.1 Å². The predicted molar refractivity (Wildman–Crippen MR) is 147 cm³/mol. The quantitative estimate of drug-likeness (QED) is 0.0714. The zero-order valence-electron chi connectivity index (χ0n) is 21.7. The summed E-state index contributed by atoms with van der Waals surface area (Å²) < 4.78 is 75.2. The molecule has 8 nitrogen and oxygen atoms in total. The van der Waals surface area contributed by atoms with E-state index in [9.17, 15) is 26.3 Å². The maximum Gasteiger partial charge on any atom is 0.416 e. The molecule has 0 unspecified atom stereocenters. The Morgan fingerprint density at radius 3 is 1.26 bits per heavy atom. The number of hydrogen-bond donors (Lipinski definition) is 0. The van der Waals surface area contributed by atoms with E-state index in [0.29, 0.717) is 11.1 Å². The zero-order chi connectivity index (χ0) is 30.6. The van der Waals surface area contributed by atoms with Gasteiger partial charge in [0.2, 0.25) is 0 Å². The smallest absolute Gasteiger partial charge is 0.416 e. The molecular formula is C28H22F6N6NiO2+2. The van der Waals surface area contributed by atoms with E-state index in [0.717, 1.165) is 24.3 Å². The Morgan fingerprint density at radius 2 is 0.930 bits per heavy atom. The fraction of sp³-hybridized carbons (Fsp3) is 0.0714. The van der Waals surface area contributed by atoms with Crippen LogP contribution in [0, 0.1) is 0 Å². The molecule has 4 rings (SSSR count). The Morgan fingerprint density at radius 1 is 0.581 bits per heavy atom. The van der Waals surface area contributed by atoms with Gasteiger partial charge in [-0.1, -0.05) is 34.5 Å². The van der Waals surface area contributed by atoms with Crippen molar-refractivity contribution < 1.29 is 53.0 Å². The summed E-state index contributed by atoms with van der Waals surface area (Å²) in [4.78, 5) is 7.61. The third-order valence-corrected chi connectivity index (χ3v) is 5.06. The largest absolute Gasteiger partial charge is 0.577 e. The van der Waals surface area contributed by atoms with Crippen LogP contribution in [0.5, 0.6) is 0 Å².